The van der Waals surface area contributed by atoms with Crippen molar-refractivity contribution in [2.75, 3.05) is 0 Å². The van der Waals surface area contributed by atoms with Gasteiger partial charge in [-0.15, -0.1) is 0 Å². The second kappa shape index (κ2) is 4.32. The van der Waals surface area contributed by atoms with Crippen molar-refractivity contribution >= 4 is 11.9 Å². The van der Waals surface area contributed by atoms with E-state index in [0.717, 1.165) is 37.0 Å². The quantitative estimate of drug-likeness (QED) is 0.790. The second-order valence-electron chi connectivity index (χ2n) is 7.08. The van der Waals surface area contributed by atoms with Gasteiger partial charge in [-0.2, -0.15) is 0 Å². The highest BCUT2D eigenvalue weighted by Gasteiger charge is 2.51. The van der Waals surface area contributed by atoms with Gasteiger partial charge < -0.3 is 15.4 Å². The average molecular weight is 289 g/mol. The molecule has 21 heavy (non-hydrogen) atoms. The zero-order valence-corrected chi connectivity index (χ0v) is 11.8. The van der Waals surface area contributed by atoms with Crippen molar-refractivity contribution in [3.8, 4) is 0 Å². The standard InChI is InChI=1S/C15H19N3O3/c19-13(11-12(14(20)21)17-7-16-11)18-15-4-8-1-9(5-15)3-10(2-8)6-15/h7-10H,1-6H2,(H,16,17)(H,18,19)(H,20,21). The largest absolute Gasteiger partial charge is 0.477 e. The molecule has 4 saturated carbocycles. The van der Waals surface area contributed by atoms with Gasteiger partial charge in [0.2, 0.25) is 0 Å². The van der Waals surface area contributed by atoms with Gasteiger partial charge in [0.1, 0.15) is 0 Å². The number of nitrogens with one attached hydrogen (secondary N) is 2. The SMILES string of the molecule is O=C(NC12CC3CC(CC(C3)C1)C2)c1nc[nH]c1C(=O)O. The molecule has 1 aromatic heterocycles. The van der Waals surface area contributed by atoms with Crippen molar-refractivity contribution in [2.45, 2.75) is 44.1 Å². The number of carbonyl (C=O) groups is 2. The minimum atomic E-state index is -1.15. The minimum absolute atomic E-state index is 0.00162. The number of H-pyrrole nitrogens is 1. The predicted octanol–water partition coefficient (Wildman–Crippen LogP) is 1.81. The lowest BCUT2D eigenvalue weighted by Crippen LogP contribution is -2.60. The van der Waals surface area contributed by atoms with Gasteiger partial charge in [-0.3, -0.25) is 4.79 Å². The Morgan fingerprint density at radius 3 is 2.29 bits per heavy atom. The third-order valence-corrected chi connectivity index (χ3v) is 5.49. The molecule has 6 heteroatoms. The van der Waals surface area contributed by atoms with E-state index in [-0.39, 0.29) is 22.8 Å². The van der Waals surface area contributed by atoms with Crippen LogP contribution in [0.1, 0.15) is 59.5 Å². The Morgan fingerprint density at radius 2 is 1.76 bits per heavy atom. The molecule has 0 atom stereocenters. The summed E-state index contributed by atoms with van der Waals surface area (Å²) in [7, 11) is 0. The molecular formula is C15H19N3O3. The summed E-state index contributed by atoms with van der Waals surface area (Å²) in [6, 6.07) is 0. The Labute approximate surface area is 122 Å². The summed E-state index contributed by atoms with van der Waals surface area (Å²) in [5, 5.41) is 12.2. The first-order valence-electron chi connectivity index (χ1n) is 7.64. The van der Waals surface area contributed by atoms with Crippen LogP contribution in [0.3, 0.4) is 0 Å². The summed E-state index contributed by atoms with van der Waals surface area (Å²) in [6.07, 6.45) is 8.29. The molecule has 4 bridgehead atoms. The minimum Gasteiger partial charge on any atom is -0.477 e. The van der Waals surface area contributed by atoms with Crippen LogP contribution in [0.4, 0.5) is 0 Å². The van der Waals surface area contributed by atoms with Crippen molar-refractivity contribution in [3.63, 3.8) is 0 Å². The molecule has 0 saturated heterocycles. The van der Waals surface area contributed by atoms with Crippen LogP contribution in [0.15, 0.2) is 6.33 Å². The lowest BCUT2D eigenvalue weighted by Gasteiger charge is -2.56. The van der Waals surface area contributed by atoms with Crippen LogP contribution in [-0.2, 0) is 0 Å². The molecule has 5 rings (SSSR count). The fourth-order valence-electron chi connectivity index (χ4n) is 5.19. The van der Waals surface area contributed by atoms with Crippen LogP contribution in [0.5, 0.6) is 0 Å². The highest BCUT2D eigenvalue weighted by molar-refractivity contribution is 6.02. The zero-order chi connectivity index (χ0) is 14.6. The third-order valence-electron chi connectivity index (χ3n) is 5.49. The molecule has 4 fully saturated rings. The molecule has 0 spiro atoms. The highest BCUT2D eigenvalue weighted by Crippen LogP contribution is 2.55. The molecule has 1 amide bonds. The summed E-state index contributed by atoms with van der Waals surface area (Å²) in [5.41, 5.74) is -0.254. The lowest BCUT2D eigenvalue weighted by atomic mass is 9.53. The van der Waals surface area contributed by atoms with Crippen LogP contribution in [0.25, 0.3) is 0 Å². The van der Waals surface area contributed by atoms with Crippen LogP contribution in [-0.4, -0.2) is 32.5 Å². The number of carboxylic acid groups (broad SMARTS) is 1. The van der Waals surface area contributed by atoms with E-state index in [2.05, 4.69) is 15.3 Å². The Balaban J connectivity index is 1.57. The van der Waals surface area contributed by atoms with E-state index in [9.17, 15) is 9.59 Å². The van der Waals surface area contributed by atoms with Crippen LogP contribution in [0.2, 0.25) is 0 Å². The summed E-state index contributed by atoms with van der Waals surface area (Å²) in [6.45, 7) is 0. The van der Waals surface area contributed by atoms with Crippen LogP contribution in [0, 0.1) is 17.8 Å². The number of carboxylic acids is 1. The number of nitrogens with zero attached hydrogens (tertiary/aromatic N) is 1. The monoisotopic (exact) mass is 289 g/mol. The van der Waals surface area contributed by atoms with Crippen molar-refractivity contribution in [1.82, 2.24) is 15.3 Å². The maximum atomic E-state index is 12.5. The van der Waals surface area contributed by atoms with Gasteiger partial charge in [0.05, 0.1) is 6.33 Å². The molecular weight excluding hydrogens is 270 g/mol. The highest BCUT2D eigenvalue weighted by atomic mass is 16.4. The molecule has 112 valence electrons. The Morgan fingerprint density at radius 1 is 1.19 bits per heavy atom. The van der Waals surface area contributed by atoms with Crippen LogP contribution < -0.4 is 5.32 Å². The third kappa shape index (κ3) is 2.04. The molecule has 1 heterocycles. The normalized spacial score (nSPS) is 36.7. The number of amides is 1. The first-order chi connectivity index (χ1) is 10.0. The number of aromatic carboxylic acids is 1. The molecule has 3 N–H and O–H groups in total. The van der Waals surface area contributed by atoms with Crippen LogP contribution >= 0.6 is 0 Å². The topological polar surface area (TPSA) is 95.1 Å². The smallest absolute Gasteiger partial charge is 0.354 e. The molecule has 0 aliphatic heterocycles. The zero-order valence-electron chi connectivity index (χ0n) is 11.8. The van der Waals surface area contributed by atoms with E-state index in [1.165, 1.54) is 25.6 Å². The number of hydrogen-bond acceptors (Lipinski definition) is 3. The van der Waals surface area contributed by atoms with E-state index in [1.54, 1.807) is 0 Å². The summed E-state index contributed by atoms with van der Waals surface area (Å²) in [5.74, 6) is 0.692. The number of hydrogen-bond donors (Lipinski definition) is 3. The lowest BCUT2D eigenvalue weighted by molar-refractivity contribution is -0.0168. The number of aromatic nitrogens is 2. The van der Waals surface area contributed by atoms with Crippen molar-refractivity contribution < 1.29 is 14.7 Å². The van der Waals surface area contributed by atoms with Crippen molar-refractivity contribution in [3.05, 3.63) is 17.7 Å². The van der Waals surface area contributed by atoms with Gasteiger partial charge in [-0.1, -0.05) is 0 Å². The Bertz CT molecular complexity index is 572. The molecule has 1 aromatic rings. The van der Waals surface area contributed by atoms with Gasteiger partial charge in [-0.05, 0) is 56.3 Å². The van der Waals surface area contributed by atoms with Crippen molar-refractivity contribution in [1.29, 1.82) is 0 Å². The molecule has 4 aliphatic carbocycles. The molecule has 6 nitrogen and oxygen atoms in total. The fourth-order valence-corrected chi connectivity index (χ4v) is 5.19. The molecule has 0 aromatic carbocycles. The molecule has 0 unspecified atom stereocenters. The van der Waals surface area contributed by atoms with E-state index >= 15 is 0 Å². The van der Waals surface area contributed by atoms with Gasteiger partial charge in [-0.25, -0.2) is 9.78 Å². The number of imidazole rings is 1. The van der Waals surface area contributed by atoms with E-state index in [1.807, 2.05) is 0 Å². The van der Waals surface area contributed by atoms with E-state index in [4.69, 9.17) is 5.11 Å². The maximum absolute atomic E-state index is 12.5. The van der Waals surface area contributed by atoms with Gasteiger partial charge >= 0.3 is 5.97 Å². The first-order valence-corrected chi connectivity index (χ1v) is 7.64. The fraction of sp³-hybridized carbons (Fsp3) is 0.667. The number of aromatic amines is 1. The predicted molar refractivity (Wildman–Crippen MR) is 73.9 cm³/mol. The van der Waals surface area contributed by atoms with Gasteiger partial charge in [0.15, 0.2) is 11.4 Å². The first kappa shape index (κ1) is 12.9. The van der Waals surface area contributed by atoms with E-state index < -0.39 is 5.97 Å². The Kier molecular flexibility index (Phi) is 2.65. The van der Waals surface area contributed by atoms with E-state index in [0.29, 0.717) is 0 Å². The summed E-state index contributed by atoms with van der Waals surface area (Å²) in [4.78, 5) is 30.0. The summed E-state index contributed by atoms with van der Waals surface area (Å²) < 4.78 is 0. The maximum Gasteiger partial charge on any atom is 0.354 e. The molecule has 4 aliphatic rings. The average Bonchev–Trinajstić information content (AvgIpc) is 2.85. The van der Waals surface area contributed by atoms with Gasteiger partial charge in [0.25, 0.3) is 5.91 Å². The number of rotatable bonds is 3. The number of carbonyl (C=O) groups excluding carboxylic acids is 1. The second-order valence-corrected chi connectivity index (χ2v) is 7.08. The van der Waals surface area contributed by atoms with Crippen molar-refractivity contribution in [2.24, 2.45) is 17.8 Å². The summed E-state index contributed by atoms with van der Waals surface area (Å²) >= 11 is 0. The molecule has 0 radical (unpaired) electrons. The van der Waals surface area contributed by atoms with Gasteiger partial charge in [0, 0.05) is 5.54 Å². The Hall–Kier alpha value is -1.85.